The first-order chi connectivity index (χ1) is 9.80. The van der Waals surface area contributed by atoms with Gasteiger partial charge in [0.1, 0.15) is 5.60 Å². The van der Waals surface area contributed by atoms with E-state index in [1.165, 1.54) is 0 Å². The maximum absolute atomic E-state index is 12.6. The number of nitrogens with one attached hydrogen (secondary N) is 1. The molecule has 0 saturated heterocycles. The fraction of sp³-hybridized carbons (Fsp3) is 0.933. The summed E-state index contributed by atoms with van der Waals surface area (Å²) in [5, 5.41) is 12.1. The average Bonchev–Trinajstić information content (AvgIpc) is 2.35. The van der Waals surface area contributed by atoms with Gasteiger partial charge in [0.05, 0.1) is 31.5 Å². The number of hydrogen-bond acceptors (Lipinski definition) is 4. The first-order valence-electron chi connectivity index (χ1n) is 7.65. The van der Waals surface area contributed by atoms with Crippen molar-refractivity contribution in [2.75, 3.05) is 13.3 Å². The highest BCUT2D eigenvalue weighted by molar-refractivity contribution is 5.68. The van der Waals surface area contributed by atoms with Crippen LogP contribution in [0.1, 0.15) is 52.9 Å². The van der Waals surface area contributed by atoms with Crippen LogP contribution >= 0.6 is 0 Å². The molecule has 6 heteroatoms. The van der Waals surface area contributed by atoms with Crippen molar-refractivity contribution in [3.63, 3.8) is 0 Å². The molecule has 0 aliphatic heterocycles. The summed E-state index contributed by atoms with van der Waals surface area (Å²) >= 11 is 0. The van der Waals surface area contributed by atoms with E-state index in [1.807, 2.05) is 0 Å². The molecule has 1 saturated carbocycles. The molecule has 1 aliphatic carbocycles. The number of alkyl carbamates (subject to hydrolysis) is 1. The highest BCUT2D eigenvalue weighted by Crippen LogP contribution is 2.21. The van der Waals surface area contributed by atoms with E-state index in [4.69, 9.17) is 9.47 Å². The van der Waals surface area contributed by atoms with Gasteiger partial charge in [-0.3, -0.25) is 4.39 Å². The zero-order chi connectivity index (χ0) is 15.9. The Kier molecular flexibility index (Phi) is 7.39. The lowest BCUT2D eigenvalue weighted by atomic mass is 9.95. The maximum Gasteiger partial charge on any atom is 0.407 e. The number of amides is 1. The number of hydrogen-bond donors (Lipinski definition) is 2. The monoisotopic (exact) mass is 305 g/mol. The molecule has 0 aromatic rings. The van der Waals surface area contributed by atoms with Gasteiger partial charge in [-0.1, -0.05) is 0 Å². The van der Waals surface area contributed by atoms with Crippen LogP contribution in [0.15, 0.2) is 0 Å². The molecule has 1 fully saturated rings. The minimum atomic E-state index is -0.579. The van der Waals surface area contributed by atoms with Gasteiger partial charge in [-0.15, -0.1) is 0 Å². The van der Waals surface area contributed by atoms with Crippen molar-refractivity contribution in [2.24, 2.45) is 0 Å². The molecule has 0 heterocycles. The third-order valence-corrected chi connectivity index (χ3v) is 3.36. The van der Waals surface area contributed by atoms with Crippen molar-refractivity contribution in [3.05, 3.63) is 0 Å². The minimum absolute atomic E-state index is 0.0796. The second kappa shape index (κ2) is 8.54. The van der Waals surface area contributed by atoms with Crippen molar-refractivity contribution >= 4 is 6.09 Å². The standard InChI is InChI=1S/C15H28FNO4/c1-15(2,3)21-14(19)17-11(8-9-16)10-20-13-6-4-12(18)5-7-13/h11-13,18H,4-10H2,1-3H3,(H,17,19)/t11-,12?,13?/m0/s1. The molecule has 1 aliphatic rings. The number of carbonyl (C=O) groups excluding carboxylic acids is 1. The molecular formula is C15H28FNO4. The summed E-state index contributed by atoms with van der Waals surface area (Å²) in [7, 11) is 0. The van der Waals surface area contributed by atoms with Gasteiger partial charge in [-0.25, -0.2) is 4.79 Å². The largest absolute Gasteiger partial charge is 0.444 e. The normalized spacial score (nSPS) is 24.4. The Bertz CT molecular complexity index is 311. The minimum Gasteiger partial charge on any atom is -0.444 e. The molecule has 0 bridgehead atoms. The number of alkyl halides is 1. The Balaban J connectivity index is 2.33. The second-order valence-electron chi connectivity index (χ2n) is 6.58. The molecule has 0 radical (unpaired) electrons. The number of carbonyl (C=O) groups is 1. The van der Waals surface area contributed by atoms with Gasteiger partial charge in [-0.05, 0) is 52.9 Å². The molecule has 0 spiro atoms. The molecule has 1 atom stereocenters. The zero-order valence-corrected chi connectivity index (χ0v) is 13.2. The van der Waals surface area contributed by atoms with Gasteiger partial charge in [-0.2, -0.15) is 0 Å². The Hall–Kier alpha value is -0.880. The van der Waals surface area contributed by atoms with Gasteiger partial charge >= 0.3 is 6.09 Å². The molecule has 0 aromatic carbocycles. The lowest BCUT2D eigenvalue weighted by molar-refractivity contribution is -0.0148. The molecule has 1 rings (SSSR count). The maximum atomic E-state index is 12.6. The van der Waals surface area contributed by atoms with E-state index in [-0.39, 0.29) is 25.2 Å². The third kappa shape index (κ3) is 8.21. The Labute approximate surface area is 126 Å². The van der Waals surface area contributed by atoms with Crippen LogP contribution in [0.5, 0.6) is 0 Å². The van der Waals surface area contributed by atoms with Crippen molar-refractivity contribution in [1.82, 2.24) is 5.32 Å². The first kappa shape index (κ1) is 18.2. The summed E-state index contributed by atoms with van der Waals surface area (Å²) in [4.78, 5) is 11.7. The number of aliphatic hydroxyl groups is 1. The number of aliphatic hydroxyl groups excluding tert-OH is 1. The zero-order valence-electron chi connectivity index (χ0n) is 13.2. The van der Waals surface area contributed by atoms with E-state index in [9.17, 15) is 14.3 Å². The van der Waals surface area contributed by atoms with Crippen LogP contribution in [0.3, 0.4) is 0 Å². The predicted octanol–water partition coefficient (Wildman–Crippen LogP) is 2.56. The van der Waals surface area contributed by atoms with Crippen LogP contribution in [-0.4, -0.2) is 48.3 Å². The van der Waals surface area contributed by atoms with Crippen LogP contribution in [0.2, 0.25) is 0 Å². The molecular weight excluding hydrogens is 277 g/mol. The van der Waals surface area contributed by atoms with Gasteiger partial charge in [0.25, 0.3) is 0 Å². The van der Waals surface area contributed by atoms with Gasteiger partial charge in [0.15, 0.2) is 0 Å². The SMILES string of the molecule is CC(C)(C)OC(=O)N[C@@H](CCF)COC1CCC(O)CC1. The van der Waals surface area contributed by atoms with E-state index in [0.717, 1.165) is 25.7 Å². The highest BCUT2D eigenvalue weighted by Gasteiger charge is 2.23. The Morgan fingerprint density at radius 2 is 1.95 bits per heavy atom. The third-order valence-electron chi connectivity index (χ3n) is 3.36. The first-order valence-corrected chi connectivity index (χ1v) is 7.65. The van der Waals surface area contributed by atoms with E-state index < -0.39 is 24.4 Å². The lowest BCUT2D eigenvalue weighted by Gasteiger charge is -2.28. The summed E-state index contributed by atoms with van der Waals surface area (Å²) in [6.07, 6.45) is 2.57. The van der Waals surface area contributed by atoms with Gasteiger partial charge in [0.2, 0.25) is 0 Å². The topological polar surface area (TPSA) is 67.8 Å². The van der Waals surface area contributed by atoms with Crippen LogP contribution < -0.4 is 5.32 Å². The lowest BCUT2D eigenvalue weighted by Crippen LogP contribution is -2.42. The highest BCUT2D eigenvalue weighted by atomic mass is 19.1. The number of halogens is 1. The Morgan fingerprint density at radius 3 is 2.48 bits per heavy atom. The Morgan fingerprint density at radius 1 is 1.33 bits per heavy atom. The van der Waals surface area contributed by atoms with E-state index in [2.05, 4.69) is 5.32 Å². The summed E-state index contributed by atoms with van der Waals surface area (Å²) in [5.74, 6) is 0. The summed E-state index contributed by atoms with van der Waals surface area (Å²) in [5.41, 5.74) is -0.579. The van der Waals surface area contributed by atoms with Crippen molar-refractivity contribution in [2.45, 2.75) is 76.7 Å². The summed E-state index contributed by atoms with van der Waals surface area (Å²) in [6, 6.07) is -0.392. The smallest absolute Gasteiger partial charge is 0.407 e. The van der Waals surface area contributed by atoms with Crippen LogP contribution in [0, 0.1) is 0 Å². The summed E-state index contributed by atoms with van der Waals surface area (Å²) < 4.78 is 23.5. The quantitative estimate of drug-likeness (QED) is 0.791. The predicted molar refractivity (Wildman–Crippen MR) is 78.0 cm³/mol. The van der Waals surface area contributed by atoms with Gasteiger partial charge < -0.3 is 19.9 Å². The van der Waals surface area contributed by atoms with Crippen LogP contribution in [0.4, 0.5) is 9.18 Å². The van der Waals surface area contributed by atoms with Crippen LogP contribution in [0.25, 0.3) is 0 Å². The van der Waals surface area contributed by atoms with E-state index >= 15 is 0 Å². The van der Waals surface area contributed by atoms with Gasteiger partial charge in [0, 0.05) is 0 Å². The summed E-state index contributed by atoms with van der Waals surface area (Å²) in [6.45, 7) is 5.08. The number of ether oxygens (including phenoxy) is 2. The second-order valence-corrected chi connectivity index (χ2v) is 6.58. The van der Waals surface area contributed by atoms with Crippen molar-refractivity contribution in [1.29, 1.82) is 0 Å². The molecule has 5 nitrogen and oxygen atoms in total. The van der Waals surface area contributed by atoms with Crippen molar-refractivity contribution in [3.8, 4) is 0 Å². The molecule has 1 amide bonds. The fourth-order valence-electron chi connectivity index (χ4n) is 2.27. The molecule has 21 heavy (non-hydrogen) atoms. The van der Waals surface area contributed by atoms with E-state index in [0.29, 0.717) is 0 Å². The van der Waals surface area contributed by atoms with Crippen LogP contribution in [-0.2, 0) is 9.47 Å². The molecule has 2 N–H and O–H groups in total. The van der Waals surface area contributed by atoms with E-state index in [1.54, 1.807) is 20.8 Å². The molecule has 124 valence electrons. The average molecular weight is 305 g/mol. The van der Waals surface area contributed by atoms with Crippen molar-refractivity contribution < 1.29 is 23.8 Å². The fourth-order valence-corrected chi connectivity index (χ4v) is 2.27. The molecule has 0 aromatic heterocycles. The molecule has 0 unspecified atom stereocenters. The number of rotatable bonds is 6.